The van der Waals surface area contributed by atoms with E-state index in [1.54, 1.807) is 7.11 Å². The third-order valence-corrected chi connectivity index (χ3v) is 3.82. The highest BCUT2D eigenvalue weighted by Crippen LogP contribution is 2.17. The van der Waals surface area contributed by atoms with Crippen molar-refractivity contribution >= 4 is 17.0 Å². The van der Waals surface area contributed by atoms with Crippen molar-refractivity contribution in [3.05, 3.63) is 59.5 Å². The average Bonchev–Trinajstić information content (AvgIpc) is 2.95. The molecule has 0 spiro atoms. The maximum Gasteiger partial charge on any atom is 0.224 e. The van der Waals surface area contributed by atoms with Crippen molar-refractivity contribution in [2.45, 2.75) is 19.8 Å². The Morgan fingerprint density at radius 1 is 1.17 bits per heavy atom. The van der Waals surface area contributed by atoms with Crippen LogP contribution in [0, 0.1) is 6.92 Å². The molecule has 0 saturated carbocycles. The standard InChI is InChI=1S/C19H20N2O3/c1-13-21-17-8-5-15(11-18(17)24-13)9-10-20-19(22)12-14-3-6-16(23-2)7-4-14/h3-8,11H,9-10,12H2,1-2H3,(H,20,22). The second-order valence-electron chi connectivity index (χ2n) is 5.66. The zero-order valence-electron chi connectivity index (χ0n) is 13.8. The number of aryl methyl sites for hydroxylation is 1. The van der Waals surface area contributed by atoms with E-state index in [1.807, 2.05) is 49.4 Å². The normalized spacial score (nSPS) is 10.8. The number of ether oxygens (including phenoxy) is 1. The summed E-state index contributed by atoms with van der Waals surface area (Å²) in [5, 5.41) is 2.95. The summed E-state index contributed by atoms with van der Waals surface area (Å²) in [6.45, 7) is 2.42. The molecule has 1 N–H and O–H groups in total. The number of carbonyl (C=O) groups excluding carboxylic acids is 1. The van der Waals surface area contributed by atoms with Gasteiger partial charge in [-0.2, -0.15) is 0 Å². The first-order chi connectivity index (χ1) is 11.6. The number of benzene rings is 2. The number of fused-ring (bicyclic) bond motifs is 1. The van der Waals surface area contributed by atoms with Crippen LogP contribution in [-0.2, 0) is 17.6 Å². The Morgan fingerprint density at radius 3 is 2.67 bits per heavy atom. The number of rotatable bonds is 6. The molecule has 0 radical (unpaired) electrons. The molecule has 0 atom stereocenters. The predicted molar refractivity (Wildman–Crippen MR) is 92.2 cm³/mol. The van der Waals surface area contributed by atoms with E-state index in [9.17, 15) is 4.79 Å². The molecule has 5 nitrogen and oxygen atoms in total. The Kier molecular flexibility index (Phi) is 4.79. The van der Waals surface area contributed by atoms with Crippen molar-refractivity contribution in [2.24, 2.45) is 0 Å². The number of oxazole rings is 1. The zero-order chi connectivity index (χ0) is 16.9. The highest BCUT2D eigenvalue weighted by atomic mass is 16.5. The Morgan fingerprint density at radius 2 is 1.92 bits per heavy atom. The Bertz CT molecular complexity index is 837. The van der Waals surface area contributed by atoms with Gasteiger partial charge in [-0.3, -0.25) is 4.79 Å². The Balaban J connectivity index is 1.50. The molecular formula is C19H20N2O3. The van der Waals surface area contributed by atoms with Gasteiger partial charge in [-0.1, -0.05) is 18.2 Å². The smallest absolute Gasteiger partial charge is 0.224 e. The maximum absolute atomic E-state index is 12.0. The topological polar surface area (TPSA) is 64.4 Å². The summed E-state index contributed by atoms with van der Waals surface area (Å²) in [7, 11) is 1.62. The number of aromatic nitrogens is 1. The van der Waals surface area contributed by atoms with Gasteiger partial charge in [0.15, 0.2) is 11.5 Å². The van der Waals surface area contributed by atoms with E-state index in [2.05, 4.69) is 10.3 Å². The lowest BCUT2D eigenvalue weighted by Crippen LogP contribution is -2.27. The molecule has 2 aromatic carbocycles. The number of carbonyl (C=O) groups is 1. The van der Waals surface area contributed by atoms with E-state index in [4.69, 9.17) is 9.15 Å². The fourth-order valence-corrected chi connectivity index (χ4v) is 2.58. The molecule has 24 heavy (non-hydrogen) atoms. The monoisotopic (exact) mass is 324 g/mol. The fourth-order valence-electron chi connectivity index (χ4n) is 2.58. The van der Waals surface area contributed by atoms with E-state index in [1.165, 1.54) is 0 Å². The zero-order valence-corrected chi connectivity index (χ0v) is 13.8. The molecule has 0 fully saturated rings. The summed E-state index contributed by atoms with van der Waals surface area (Å²) >= 11 is 0. The molecule has 0 aliphatic carbocycles. The van der Waals surface area contributed by atoms with Crippen molar-refractivity contribution in [1.82, 2.24) is 10.3 Å². The Labute approximate surface area is 140 Å². The number of nitrogens with one attached hydrogen (secondary N) is 1. The van der Waals surface area contributed by atoms with Gasteiger partial charge in [0, 0.05) is 13.5 Å². The van der Waals surface area contributed by atoms with Crippen LogP contribution >= 0.6 is 0 Å². The van der Waals surface area contributed by atoms with Crippen LogP contribution in [0.25, 0.3) is 11.1 Å². The summed E-state index contributed by atoms with van der Waals surface area (Å²) in [4.78, 5) is 16.3. The van der Waals surface area contributed by atoms with E-state index >= 15 is 0 Å². The minimum absolute atomic E-state index is 0.0109. The van der Waals surface area contributed by atoms with Crippen molar-refractivity contribution < 1.29 is 13.9 Å². The van der Waals surface area contributed by atoms with Crippen LogP contribution < -0.4 is 10.1 Å². The molecule has 0 saturated heterocycles. The van der Waals surface area contributed by atoms with E-state index in [0.717, 1.165) is 34.4 Å². The van der Waals surface area contributed by atoms with Crippen LogP contribution in [0.5, 0.6) is 5.75 Å². The van der Waals surface area contributed by atoms with Gasteiger partial charge in [-0.05, 0) is 41.8 Å². The Hall–Kier alpha value is -2.82. The van der Waals surface area contributed by atoms with E-state index < -0.39 is 0 Å². The van der Waals surface area contributed by atoms with Gasteiger partial charge in [0.05, 0.1) is 13.5 Å². The highest BCUT2D eigenvalue weighted by Gasteiger charge is 2.05. The lowest BCUT2D eigenvalue weighted by Gasteiger charge is -2.06. The molecule has 3 rings (SSSR count). The number of methoxy groups -OCH3 is 1. The largest absolute Gasteiger partial charge is 0.497 e. The SMILES string of the molecule is COc1ccc(CC(=O)NCCc2ccc3nc(C)oc3c2)cc1. The summed E-state index contributed by atoms with van der Waals surface area (Å²) in [5.41, 5.74) is 3.73. The number of hydrogen-bond donors (Lipinski definition) is 1. The van der Waals surface area contributed by atoms with Gasteiger partial charge in [-0.15, -0.1) is 0 Å². The molecule has 0 aliphatic rings. The molecule has 0 bridgehead atoms. The van der Waals surface area contributed by atoms with Gasteiger partial charge in [0.25, 0.3) is 0 Å². The summed E-state index contributed by atoms with van der Waals surface area (Å²) < 4.78 is 10.6. The van der Waals surface area contributed by atoms with Crippen LogP contribution in [0.15, 0.2) is 46.9 Å². The third kappa shape index (κ3) is 3.93. The van der Waals surface area contributed by atoms with Crippen molar-refractivity contribution in [2.75, 3.05) is 13.7 Å². The molecule has 0 aliphatic heterocycles. The minimum Gasteiger partial charge on any atom is -0.497 e. The lowest BCUT2D eigenvalue weighted by molar-refractivity contribution is -0.120. The quantitative estimate of drug-likeness (QED) is 0.757. The first-order valence-electron chi connectivity index (χ1n) is 7.90. The first-order valence-corrected chi connectivity index (χ1v) is 7.90. The number of amides is 1. The summed E-state index contributed by atoms with van der Waals surface area (Å²) in [5.74, 6) is 1.46. The molecule has 1 heterocycles. The summed E-state index contributed by atoms with van der Waals surface area (Å²) in [6.07, 6.45) is 1.12. The van der Waals surface area contributed by atoms with Gasteiger partial charge in [-0.25, -0.2) is 4.98 Å². The lowest BCUT2D eigenvalue weighted by atomic mass is 10.1. The average molecular weight is 324 g/mol. The maximum atomic E-state index is 12.0. The van der Waals surface area contributed by atoms with Crippen molar-refractivity contribution in [3.63, 3.8) is 0 Å². The van der Waals surface area contributed by atoms with Crippen LogP contribution in [0.3, 0.4) is 0 Å². The molecule has 124 valence electrons. The number of hydrogen-bond acceptors (Lipinski definition) is 4. The van der Waals surface area contributed by atoms with Gasteiger partial charge < -0.3 is 14.5 Å². The minimum atomic E-state index is 0.0109. The molecule has 3 aromatic rings. The summed E-state index contributed by atoms with van der Waals surface area (Å²) in [6, 6.07) is 13.5. The fraction of sp³-hybridized carbons (Fsp3) is 0.263. The van der Waals surface area contributed by atoms with Crippen molar-refractivity contribution in [3.8, 4) is 5.75 Å². The van der Waals surface area contributed by atoms with Crippen LogP contribution in [0.2, 0.25) is 0 Å². The van der Waals surface area contributed by atoms with Crippen molar-refractivity contribution in [1.29, 1.82) is 0 Å². The van der Waals surface area contributed by atoms with Gasteiger partial charge >= 0.3 is 0 Å². The second kappa shape index (κ2) is 7.17. The first kappa shape index (κ1) is 16.1. The van der Waals surface area contributed by atoms with Gasteiger partial charge in [0.1, 0.15) is 11.3 Å². The molecular weight excluding hydrogens is 304 g/mol. The van der Waals surface area contributed by atoms with E-state index in [-0.39, 0.29) is 5.91 Å². The highest BCUT2D eigenvalue weighted by molar-refractivity contribution is 5.78. The third-order valence-electron chi connectivity index (χ3n) is 3.82. The molecule has 1 aromatic heterocycles. The molecule has 5 heteroatoms. The van der Waals surface area contributed by atoms with Gasteiger partial charge in [0.2, 0.25) is 5.91 Å². The number of nitrogens with zero attached hydrogens (tertiary/aromatic N) is 1. The van der Waals surface area contributed by atoms with E-state index in [0.29, 0.717) is 18.9 Å². The molecule has 0 unspecified atom stereocenters. The van der Waals surface area contributed by atoms with Crippen LogP contribution in [-0.4, -0.2) is 24.5 Å². The van der Waals surface area contributed by atoms with Crippen LogP contribution in [0.1, 0.15) is 17.0 Å². The predicted octanol–water partition coefficient (Wildman–Crippen LogP) is 3.05. The second-order valence-corrected chi connectivity index (χ2v) is 5.66. The molecule has 1 amide bonds. The van der Waals surface area contributed by atoms with Crippen LogP contribution in [0.4, 0.5) is 0 Å².